The van der Waals surface area contributed by atoms with Crippen molar-refractivity contribution in [1.82, 2.24) is 5.32 Å². The van der Waals surface area contributed by atoms with Crippen molar-refractivity contribution in [3.63, 3.8) is 0 Å². The number of carbonyl (C=O) groups excluding carboxylic acids is 2. The largest absolute Gasteiger partial charge is 0.331 e. The van der Waals surface area contributed by atoms with E-state index in [2.05, 4.69) is 16.0 Å². The Morgan fingerprint density at radius 1 is 1.30 bits per heavy atom. The zero-order valence-corrected chi connectivity index (χ0v) is 12.8. The summed E-state index contributed by atoms with van der Waals surface area (Å²) < 4.78 is 0. The first-order valence-corrected chi connectivity index (χ1v) is 6.89. The summed E-state index contributed by atoms with van der Waals surface area (Å²) in [6.45, 7) is 3.29. The van der Waals surface area contributed by atoms with Gasteiger partial charge in [0.2, 0.25) is 11.8 Å². The molecule has 0 unspecified atom stereocenters. The molecule has 0 radical (unpaired) electrons. The van der Waals surface area contributed by atoms with E-state index in [1.54, 1.807) is 18.2 Å². The Balaban J connectivity index is 2.78. The molecule has 0 saturated heterocycles. The molecule has 0 spiro atoms. The van der Waals surface area contributed by atoms with E-state index in [9.17, 15) is 9.59 Å². The van der Waals surface area contributed by atoms with Crippen LogP contribution in [-0.4, -0.2) is 16.9 Å². The maximum Gasteiger partial charge on any atom is 0.224 e. The van der Waals surface area contributed by atoms with Crippen molar-refractivity contribution in [3.05, 3.63) is 23.2 Å². The van der Waals surface area contributed by atoms with Crippen LogP contribution in [0.2, 0.25) is 5.02 Å². The van der Waals surface area contributed by atoms with Crippen LogP contribution in [0.5, 0.6) is 0 Å². The summed E-state index contributed by atoms with van der Waals surface area (Å²) >= 11 is 11.0. The second-order valence-electron chi connectivity index (χ2n) is 4.13. The molecule has 1 rings (SSSR count). The lowest BCUT2D eigenvalue weighted by Crippen LogP contribution is -2.32. The van der Waals surface area contributed by atoms with E-state index in [4.69, 9.17) is 23.8 Å². The van der Waals surface area contributed by atoms with Crippen LogP contribution < -0.4 is 16.0 Å². The molecular formula is C13H16ClN3O2S. The molecule has 0 bridgehead atoms. The fourth-order valence-electron chi connectivity index (χ4n) is 1.46. The Morgan fingerprint density at radius 2 is 2.00 bits per heavy atom. The molecule has 0 fully saturated rings. The maximum absolute atomic E-state index is 11.5. The lowest BCUT2D eigenvalue weighted by Gasteiger charge is -2.12. The van der Waals surface area contributed by atoms with Gasteiger partial charge in [-0.2, -0.15) is 0 Å². The van der Waals surface area contributed by atoms with Gasteiger partial charge in [-0.1, -0.05) is 18.5 Å². The molecule has 0 heterocycles. The van der Waals surface area contributed by atoms with Gasteiger partial charge in [0.05, 0.1) is 10.7 Å². The van der Waals surface area contributed by atoms with Crippen molar-refractivity contribution in [2.75, 3.05) is 10.6 Å². The summed E-state index contributed by atoms with van der Waals surface area (Å²) in [4.78, 5) is 22.4. The van der Waals surface area contributed by atoms with E-state index in [0.29, 0.717) is 22.8 Å². The molecule has 7 heteroatoms. The first-order valence-electron chi connectivity index (χ1n) is 6.10. The fraction of sp³-hybridized carbons (Fsp3) is 0.308. The zero-order chi connectivity index (χ0) is 15.1. The summed E-state index contributed by atoms with van der Waals surface area (Å²) in [5.74, 6) is -0.337. The highest BCUT2D eigenvalue weighted by Crippen LogP contribution is 2.25. The summed E-state index contributed by atoms with van der Waals surface area (Å²) in [5, 5.41) is 8.58. The molecule has 1 aromatic carbocycles. The summed E-state index contributed by atoms with van der Waals surface area (Å²) in [5.41, 5.74) is 1.13. The Bertz CT molecular complexity index is 534. The van der Waals surface area contributed by atoms with Gasteiger partial charge in [-0.15, -0.1) is 0 Å². The summed E-state index contributed by atoms with van der Waals surface area (Å²) in [6.07, 6.45) is 1.23. The van der Waals surface area contributed by atoms with Crippen molar-refractivity contribution >= 4 is 52.1 Å². The van der Waals surface area contributed by atoms with E-state index in [1.165, 1.54) is 6.92 Å². The number of amides is 2. The van der Waals surface area contributed by atoms with Crippen LogP contribution >= 0.6 is 23.8 Å². The van der Waals surface area contributed by atoms with Gasteiger partial charge in [0.1, 0.15) is 0 Å². The number of nitrogens with one attached hydrogen (secondary N) is 3. The van der Waals surface area contributed by atoms with Crippen LogP contribution in [0, 0.1) is 0 Å². The normalized spacial score (nSPS) is 9.75. The van der Waals surface area contributed by atoms with Gasteiger partial charge in [-0.25, -0.2) is 0 Å². The number of rotatable bonds is 4. The molecule has 0 atom stereocenters. The van der Waals surface area contributed by atoms with E-state index in [-0.39, 0.29) is 16.9 Å². The van der Waals surface area contributed by atoms with Crippen molar-refractivity contribution in [2.45, 2.75) is 26.7 Å². The quantitative estimate of drug-likeness (QED) is 0.748. The highest BCUT2D eigenvalue weighted by Gasteiger charge is 2.07. The monoisotopic (exact) mass is 313 g/mol. The fourth-order valence-corrected chi connectivity index (χ4v) is 1.88. The molecule has 2 amide bonds. The smallest absolute Gasteiger partial charge is 0.224 e. The molecule has 0 saturated carbocycles. The number of anilines is 2. The van der Waals surface area contributed by atoms with E-state index in [1.807, 2.05) is 6.92 Å². The van der Waals surface area contributed by atoms with Gasteiger partial charge >= 0.3 is 0 Å². The minimum atomic E-state index is -0.272. The molecule has 5 nitrogen and oxygen atoms in total. The third-order valence-electron chi connectivity index (χ3n) is 2.26. The lowest BCUT2D eigenvalue weighted by atomic mass is 10.2. The molecule has 1 aromatic rings. The topological polar surface area (TPSA) is 70.2 Å². The summed E-state index contributed by atoms with van der Waals surface area (Å²) in [7, 11) is 0. The number of hydrogen-bond donors (Lipinski definition) is 3. The lowest BCUT2D eigenvalue weighted by molar-refractivity contribution is -0.117. The number of benzene rings is 1. The van der Waals surface area contributed by atoms with Crippen molar-refractivity contribution in [1.29, 1.82) is 0 Å². The van der Waals surface area contributed by atoms with Crippen molar-refractivity contribution in [3.8, 4) is 0 Å². The summed E-state index contributed by atoms with van der Waals surface area (Å²) in [6, 6.07) is 4.99. The van der Waals surface area contributed by atoms with E-state index < -0.39 is 0 Å². The SMILES string of the molecule is CCCC(=O)Nc1ccc(Cl)c(NC(=S)NC(C)=O)c1. The predicted octanol–water partition coefficient (Wildman–Crippen LogP) is 2.91. The molecule has 0 aliphatic rings. The van der Waals surface area contributed by atoms with Gasteiger partial charge in [-0.05, 0) is 36.8 Å². The standard InChI is InChI=1S/C13H16ClN3O2S/c1-3-4-12(19)16-9-5-6-10(14)11(7-9)17-13(20)15-8(2)18/h5-7H,3-4H2,1-2H3,(H,16,19)(H2,15,17,18,20). The Morgan fingerprint density at radius 3 is 2.60 bits per heavy atom. The maximum atomic E-state index is 11.5. The number of thiocarbonyl (C=S) groups is 1. The Labute approximate surface area is 128 Å². The number of hydrogen-bond acceptors (Lipinski definition) is 3. The highest BCUT2D eigenvalue weighted by molar-refractivity contribution is 7.80. The number of halogens is 1. The first-order chi connectivity index (χ1) is 9.42. The van der Waals surface area contributed by atoms with Crippen LogP contribution in [0.1, 0.15) is 26.7 Å². The third-order valence-corrected chi connectivity index (χ3v) is 2.80. The second-order valence-corrected chi connectivity index (χ2v) is 4.94. The predicted molar refractivity (Wildman–Crippen MR) is 85.0 cm³/mol. The minimum Gasteiger partial charge on any atom is -0.331 e. The van der Waals surface area contributed by atoms with Crippen molar-refractivity contribution in [2.24, 2.45) is 0 Å². The molecule has 3 N–H and O–H groups in total. The Hall–Kier alpha value is -1.66. The average molecular weight is 314 g/mol. The molecule has 0 aliphatic carbocycles. The van der Waals surface area contributed by atoms with Gasteiger partial charge in [0, 0.05) is 19.0 Å². The molecule has 108 valence electrons. The first kappa shape index (κ1) is 16.4. The molecule has 0 aliphatic heterocycles. The zero-order valence-electron chi connectivity index (χ0n) is 11.2. The van der Waals surface area contributed by atoms with Gasteiger partial charge in [0.25, 0.3) is 0 Å². The van der Waals surface area contributed by atoms with Crippen molar-refractivity contribution < 1.29 is 9.59 Å². The van der Waals surface area contributed by atoms with Gasteiger partial charge < -0.3 is 16.0 Å². The third kappa shape index (κ3) is 5.54. The Kier molecular flexibility index (Phi) is 6.41. The highest BCUT2D eigenvalue weighted by atomic mass is 35.5. The van der Waals surface area contributed by atoms with Gasteiger partial charge in [0.15, 0.2) is 5.11 Å². The second kappa shape index (κ2) is 7.81. The molecule has 0 aromatic heterocycles. The van der Waals surface area contributed by atoms with Crippen LogP contribution in [0.3, 0.4) is 0 Å². The van der Waals surface area contributed by atoms with Crippen LogP contribution in [0.4, 0.5) is 11.4 Å². The minimum absolute atomic E-state index is 0.0646. The molecule has 20 heavy (non-hydrogen) atoms. The van der Waals surface area contributed by atoms with E-state index >= 15 is 0 Å². The van der Waals surface area contributed by atoms with Gasteiger partial charge in [-0.3, -0.25) is 9.59 Å². The van der Waals surface area contributed by atoms with E-state index in [0.717, 1.165) is 6.42 Å². The van der Waals surface area contributed by atoms with Crippen LogP contribution in [0.25, 0.3) is 0 Å². The number of carbonyl (C=O) groups is 2. The average Bonchev–Trinajstić information content (AvgIpc) is 2.32. The molecular weight excluding hydrogens is 298 g/mol. The van der Waals surface area contributed by atoms with Crippen LogP contribution in [0.15, 0.2) is 18.2 Å². The van der Waals surface area contributed by atoms with Crippen LogP contribution in [-0.2, 0) is 9.59 Å².